The molecule has 2 aromatic rings. The molecule has 0 spiro atoms. The van der Waals surface area contributed by atoms with Gasteiger partial charge in [-0.05, 0) is 48.2 Å². The zero-order valence-electron chi connectivity index (χ0n) is 12.7. The minimum absolute atomic E-state index is 0. The van der Waals surface area contributed by atoms with Gasteiger partial charge in [0.15, 0.2) is 0 Å². The van der Waals surface area contributed by atoms with E-state index in [2.05, 4.69) is 35.8 Å². The van der Waals surface area contributed by atoms with Gasteiger partial charge in [0.25, 0.3) is 0 Å². The molecule has 0 saturated heterocycles. The standard InChI is InChI=1S/C18H21FN2.ClH/c1-13-11-20-9-8-14-6-7-16(10-17(13)14)21-12-15-4-2-3-5-18(15)19;/h2-7,10,13,20-21H,8-9,11-12H2,1H3;1H/t13-;/m1./s1. The highest BCUT2D eigenvalue weighted by molar-refractivity contribution is 5.85. The number of fused-ring (bicyclic) bond motifs is 1. The Hall–Kier alpha value is -1.58. The van der Waals surface area contributed by atoms with E-state index in [1.165, 1.54) is 17.2 Å². The molecule has 0 bridgehead atoms. The van der Waals surface area contributed by atoms with Gasteiger partial charge in [-0.15, -0.1) is 12.4 Å². The first-order chi connectivity index (χ1) is 10.2. The van der Waals surface area contributed by atoms with Crippen LogP contribution in [0, 0.1) is 5.82 Å². The number of hydrogen-bond donors (Lipinski definition) is 2. The quantitative estimate of drug-likeness (QED) is 0.889. The minimum Gasteiger partial charge on any atom is -0.381 e. The van der Waals surface area contributed by atoms with Crippen LogP contribution in [0.25, 0.3) is 0 Å². The number of nitrogens with one attached hydrogen (secondary N) is 2. The van der Waals surface area contributed by atoms with E-state index in [1.807, 2.05) is 12.1 Å². The van der Waals surface area contributed by atoms with Crippen LogP contribution in [0.4, 0.5) is 10.1 Å². The molecule has 0 saturated carbocycles. The number of benzene rings is 2. The Morgan fingerprint density at radius 1 is 1.23 bits per heavy atom. The van der Waals surface area contributed by atoms with Crippen LogP contribution in [-0.4, -0.2) is 13.1 Å². The molecule has 1 atom stereocenters. The van der Waals surface area contributed by atoms with Crippen molar-refractivity contribution in [3.63, 3.8) is 0 Å². The molecular formula is C18H22ClFN2. The molecule has 0 aliphatic carbocycles. The lowest BCUT2D eigenvalue weighted by atomic mass is 9.95. The van der Waals surface area contributed by atoms with Gasteiger partial charge < -0.3 is 10.6 Å². The van der Waals surface area contributed by atoms with Crippen molar-refractivity contribution in [2.24, 2.45) is 0 Å². The number of halogens is 2. The Labute approximate surface area is 137 Å². The van der Waals surface area contributed by atoms with E-state index in [4.69, 9.17) is 0 Å². The molecule has 118 valence electrons. The van der Waals surface area contributed by atoms with Crippen LogP contribution in [0.15, 0.2) is 42.5 Å². The summed E-state index contributed by atoms with van der Waals surface area (Å²) in [5.41, 5.74) is 4.58. The molecule has 1 heterocycles. The van der Waals surface area contributed by atoms with E-state index in [-0.39, 0.29) is 18.2 Å². The van der Waals surface area contributed by atoms with E-state index >= 15 is 0 Å². The molecule has 0 radical (unpaired) electrons. The first kappa shape index (κ1) is 16.8. The Morgan fingerprint density at radius 2 is 2.05 bits per heavy atom. The fourth-order valence-corrected chi connectivity index (χ4v) is 2.88. The van der Waals surface area contributed by atoms with E-state index in [1.54, 1.807) is 6.07 Å². The molecule has 1 aliphatic rings. The Balaban J connectivity index is 0.00000176. The number of rotatable bonds is 3. The largest absolute Gasteiger partial charge is 0.381 e. The van der Waals surface area contributed by atoms with Gasteiger partial charge in [0, 0.05) is 24.3 Å². The maximum absolute atomic E-state index is 13.6. The maximum atomic E-state index is 13.6. The maximum Gasteiger partial charge on any atom is 0.128 e. The van der Waals surface area contributed by atoms with Crippen LogP contribution in [0.5, 0.6) is 0 Å². The first-order valence-corrected chi connectivity index (χ1v) is 7.55. The van der Waals surface area contributed by atoms with Crippen molar-refractivity contribution >= 4 is 18.1 Å². The first-order valence-electron chi connectivity index (χ1n) is 7.55. The van der Waals surface area contributed by atoms with Gasteiger partial charge in [-0.3, -0.25) is 0 Å². The zero-order chi connectivity index (χ0) is 14.7. The second-order valence-corrected chi connectivity index (χ2v) is 5.71. The van der Waals surface area contributed by atoms with E-state index < -0.39 is 0 Å². The highest BCUT2D eigenvalue weighted by Crippen LogP contribution is 2.26. The molecule has 0 aromatic heterocycles. The smallest absolute Gasteiger partial charge is 0.128 e. The topological polar surface area (TPSA) is 24.1 Å². The second kappa shape index (κ2) is 7.61. The summed E-state index contributed by atoms with van der Waals surface area (Å²) in [7, 11) is 0. The normalized spacial score (nSPS) is 17.1. The zero-order valence-corrected chi connectivity index (χ0v) is 13.5. The van der Waals surface area contributed by atoms with Crippen LogP contribution >= 0.6 is 12.4 Å². The highest BCUT2D eigenvalue weighted by Gasteiger charge is 2.14. The van der Waals surface area contributed by atoms with Gasteiger partial charge in [0.05, 0.1) is 0 Å². The van der Waals surface area contributed by atoms with Gasteiger partial charge >= 0.3 is 0 Å². The highest BCUT2D eigenvalue weighted by atomic mass is 35.5. The van der Waals surface area contributed by atoms with Crippen molar-refractivity contribution in [3.8, 4) is 0 Å². The van der Waals surface area contributed by atoms with Crippen LogP contribution in [0.1, 0.15) is 29.5 Å². The Kier molecular flexibility index (Phi) is 5.81. The van der Waals surface area contributed by atoms with Crippen molar-refractivity contribution < 1.29 is 4.39 Å². The summed E-state index contributed by atoms with van der Waals surface area (Å²) in [6.07, 6.45) is 1.08. The predicted molar refractivity (Wildman–Crippen MR) is 92.4 cm³/mol. The average Bonchev–Trinajstić information content (AvgIpc) is 2.68. The van der Waals surface area contributed by atoms with E-state index in [0.29, 0.717) is 18.0 Å². The lowest BCUT2D eigenvalue weighted by Crippen LogP contribution is -2.18. The summed E-state index contributed by atoms with van der Waals surface area (Å²) in [5.74, 6) is 0.357. The summed E-state index contributed by atoms with van der Waals surface area (Å²) in [6, 6.07) is 13.4. The Morgan fingerprint density at radius 3 is 2.86 bits per heavy atom. The van der Waals surface area contributed by atoms with Crippen molar-refractivity contribution in [2.45, 2.75) is 25.8 Å². The van der Waals surface area contributed by atoms with E-state index in [9.17, 15) is 4.39 Å². The fourth-order valence-electron chi connectivity index (χ4n) is 2.88. The molecule has 0 fully saturated rings. The third kappa shape index (κ3) is 3.79. The summed E-state index contributed by atoms with van der Waals surface area (Å²) in [4.78, 5) is 0. The molecule has 22 heavy (non-hydrogen) atoms. The summed E-state index contributed by atoms with van der Waals surface area (Å²) in [5, 5.41) is 6.79. The van der Waals surface area contributed by atoms with Gasteiger partial charge in [0.2, 0.25) is 0 Å². The lowest BCUT2D eigenvalue weighted by Gasteiger charge is -2.15. The molecule has 3 rings (SSSR count). The van der Waals surface area contributed by atoms with Crippen LogP contribution in [0.3, 0.4) is 0 Å². The van der Waals surface area contributed by atoms with Crippen LogP contribution in [0.2, 0.25) is 0 Å². The molecule has 4 heteroatoms. The van der Waals surface area contributed by atoms with Gasteiger partial charge in [-0.1, -0.05) is 31.2 Å². The third-order valence-electron chi connectivity index (χ3n) is 4.14. The number of anilines is 1. The summed E-state index contributed by atoms with van der Waals surface area (Å²) >= 11 is 0. The lowest BCUT2D eigenvalue weighted by molar-refractivity contribution is 0.613. The van der Waals surface area contributed by atoms with Crippen LogP contribution < -0.4 is 10.6 Å². The molecular weight excluding hydrogens is 299 g/mol. The number of hydrogen-bond acceptors (Lipinski definition) is 2. The molecule has 0 unspecified atom stereocenters. The second-order valence-electron chi connectivity index (χ2n) is 5.71. The van der Waals surface area contributed by atoms with Crippen molar-refractivity contribution in [3.05, 3.63) is 65.0 Å². The van der Waals surface area contributed by atoms with Crippen molar-refractivity contribution in [1.82, 2.24) is 5.32 Å². The Bertz CT molecular complexity index is 630. The molecule has 2 N–H and O–H groups in total. The van der Waals surface area contributed by atoms with Crippen molar-refractivity contribution in [1.29, 1.82) is 0 Å². The molecule has 1 aliphatic heterocycles. The van der Waals surface area contributed by atoms with Crippen LogP contribution in [-0.2, 0) is 13.0 Å². The van der Waals surface area contributed by atoms with Crippen molar-refractivity contribution in [2.75, 3.05) is 18.4 Å². The summed E-state index contributed by atoms with van der Waals surface area (Å²) in [6.45, 7) is 4.82. The minimum atomic E-state index is -0.155. The fraction of sp³-hybridized carbons (Fsp3) is 0.333. The molecule has 2 nitrogen and oxygen atoms in total. The molecule has 0 amide bonds. The SMILES string of the molecule is C[C@@H]1CNCCc2ccc(NCc3ccccc3F)cc21.Cl. The summed E-state index contributed by atoms with van der Waals surface area (Å²) < 4.78 is 13.6. The van der Waals surface area contributed by atoms with Gasteiger partial charge in [-0.25, -0.2) is 4.39 Å². The van der Waals surface area contributed by atoms with E-state index in [0.717, 1.165) is 25.2 Å². The third-order valence-corrected chi connectivity index (χ3v) is 4.14. The monoisotopic (exact) mass is 320 g/mol. The van der Waals surface area contributed by atoms with Gasteiger partial charge in [-0.2, -0.15) is 0 Å². The predicted octanol–water partition coefficient (Wildman–Crippen LogP) is 4.11. The molecule has 2 aromatic carbocycles. The average molecular weight is 321 g/mol. The van der Waals surface area contributed by atoms with Gasteiger partial charge in [0.1, 0.15) is 5.82 Å².